The van der Waals surface area contributed by atoms with Gasteiger partial charge < -0.3 is 9.47 Å². The van der Waals surface area contributed by atoms with Gasteiger partial charge in [-0.25, -0.2) is 9.38 Å². The Kier molecular flexibility index (Phi) is 11.3. The SMILES string of the molecule is C=N/C(=C\C(=C(/C)F)c1ccc(COc2cccc([C@H](CS(=O)(=O)O)C3CC3)c2)cc1CN(C(C)C)C(C)C)OC. The van der Waals surface area contributed by atoms with Crippen LogP contribution in [0.1, 0.15) is 75.6 Å². The van der Waals surface area contributed by atoms with Crippen molar-refractivity contribution in [2.45, 2.75) is 78.6 Å². The van der Waals surface area contributed by atoms with Gasteiger partial charge in [0.2, 0.25) is 5.88 Å². The molecule has 0 amide bonds. The van der Waals surface area contributed by atoms with Gasteiger partial charge in [0.25, 0.3) is 10.1 Å². The van der Waals surface area contributed by atoms with E-state index >= 15 is 0 Å². The molecular formula is C32H43FN2O5S. The van der Waals surface area contributed by atoms with E-state index in [1.807, 2.05) is 42.5 Å². The van der Waals surface area contributed by atoms with Gasteiger partial charge in [-0.05, 0) is 94.5 Å². The molecule has 1 aliphatic rings. The molecule has 9 heteroatoms. The molecule has 0 aromatic heterocycles. The van der Waals surface area contributed by atoms with Crippen LogP contribution in [0.4, 0.5) is 4.39 Å². The summed E-state index contributed by atoms with van der Waals surface area (Å²) in [5, 5.41) is 0. The number of ether oxygens (including phenoxy) is 2. The number of methoxy groups -OCH3 is 1. The predicted molar refractivity (Wildman–Crippen MR) is 163 cm³/mol. The number of rotatable bonds is 15. The molecule has 1 N–H and O–H groups in total. The van der Waals surface area contributed by atoms with E-state index in [2.05, 4.69) is 44.3 Å². The average molecular weight is 587 g/mol. The van der Waals surface area contributed by atoms with Gasteiger partial charge in [0.05, 0.1) is 12.9 Å². The zero-order chi connectivity index (χ0) is 30.3. The molecule has 0 spiro atoms. The van der Waals surface area contributed by atoms with Crippen LogP contribution in [-0.2, 0) is 28.0 Å². The summed E-state index contributed by atoms with van der Waals surface area (Å²) in [6.45, 7) is 14.3. The molecule has 224 valence electrons. The second-order valence-corrected chi connectivity index (χ2v) is 12.7. The van der Waals surface area contributed by atoms with E-state index in [1.165, 1.54) is 14.0 Å². The number of aliphatic imine (C=N–C) groups is 1. The maximum Gasteiger partial charge on any atom is 0.265 e. The van der Waals surface area contributed by atoms with E-state index in [9.17, 15) is 17.4 Å². The summed E-state index contributed by atoms with van der Waals surface area (Å²) in [6.07, 6.45) is 3.45. The smallest absolute Gasteiger partial charge is 0.265 e. The first kappa shape index (κ1) is 32.5. The summed E-state index contributed by atoms with van der Waals surface area (Å²) in [4.78, 5) is 6.18. The van der Waals surface area contributed by atoms with Crippen LogP contribution >= 0.6 is 0 Å². The van der Waals surface area contributed by atoms with Crippen LogP contribution in [0, 0.1) is 5.92 Å². The van der Waals surface area contributed by atoms with E-state index in [1.54, 1.807) is 6.08 Å². The highest BCUT2D eigenvalue weighted by molar-refractivity contribution is 7.85. The maximum atomic E-state index is 14.9. The Balaban J connectivity index is 1.94. The molecule has 0 bridgehead atoms. The van der Waals surface area contributed by atoms with Crippen molar-refractivity contribution in [1.29, 1.82) is 0 Å². The minimum absolute atomic E-state index is 0.221. The standard InChI is InChI=1S/C32H43FN2O5S/c1-21(2)35(22(3)4)18-27-15-24(11-14-29(27)30(23(5)33)17-32(34-6)39-7)19-40-28-10-8-9-26(16-28)31(25-12-13-25)20-41(36,37)38/h8-11,14-17,21-22,25,31H,6,12-13,18-20H2,1-5,7H3,(H,36,37,38)/b30-23-,32-17+/t31-/m1/s1. The molecular weight excluding hydrogens is 543 g/mol. The van der Waals surface area contributed by atoms with E-state index in [-0.39, 0.29) is 48.0 Å². The molecule has 0 saturated heterocycles. The second kappa shape index (κ2) is 14.2. The van der Waals surface area contributed by atoms with Crippen molar-refractivity contribution < 1.29 is 26.8 Å². The van der Waals surface area contributed by atoms with Gasteiger partial charge in [0, 0.05) is 36.2 Å². The van der Waals surface area contributed by atoms with Gasteiger partial charge in [-0.15, -0.1) is 0 Å². The largest absolute Gasteiger partial charge is 0.489 e. The topological polar surface area (TPSA) is 88.4 Å². The molecule has 1 fully saturated rings. The number of hydrogen-bond donors (Lipinski definition) is 1. The van der Waals surface area contributed by atoms with E-state index in [4.69, 9.17) is 9.47 Å². The summed E-state index contributed by atoms with van der Waals surface area (Å²) < 4.78 is 59.0. The van der Waals surface area contributed by atoms with Gasteiger partial charge in [-0.3, -0.25) is 9.45 Å². The molecule has 3 rings (SSSR count). The normalized spacial score (nSPS) is 15.7. The van der Waals surface area contributed by atoms with Crippen molar-refractivity contribution in [2.75, 3.05) is 12.9 Å². The quantitative estimate of drug-likeness (QED) is 0.103. The zero-order valence-corrected chi connectivity index (χ0v) is 25.7. The third-order valence-corrected chi connectivity index (χ3v) is 8.20. The van der Waals surface area contributed by atoms with Crippen molar-refractivity contribution in [1.82, 2.24) is 4.90 Å². The molecule has 1 saturated carbocycles. The molecule has 41 heavy (non-hydrogen) atoms. The van der Waals surface area contributed by atoms with E-state index < -0.39 is 10.1 Å². The Hall–Kier alpha value is -3.01. The maximum absolute atomic E-state index is 14.9. The summed E-state index contributed by atoms with van der Waals surface area (Å²) in [7, 11) is -2.63. The zero-order valence-electron chi connectivity index (χ0n) is 24.9. The molecule has 1 atom stereocenters. The first-order chi connectivity index (χ1) is 19.3. The fourth-order valence-electron chi connectivity index (χ4n) is 5.18. The van der Waals surface area contributed by atoms with Crippen molar-refractivity contribution in [3.63, 3.8) is 0 Å². The van der Waals surface area contributed by atoms with Gasteiger partial charge in [-0.2, -0.15) is 8.42 Å². The summed E-state index contributed by atoms with van der Waals surface area (Å²) in [5.74, 6) is 0.168. The first-order valence-electron chi connectivity index (χ1n) is 14.0. The summed E-state index contributed by atoms with van der Waals surface area (Å²) in [5.41, 5.74) is 3.80. The molecule has 0 radical (unpaired) electrons. The Morgan fingerprint density at radius 1 is 1.17 bits per heavy atom. The van der Waals surface area contributed by atoms with Crippen LogP contribution in [0.2, 0.25) is 0 Å². The van der Waals surface area contributed by atoms with Crippen LogP contribution in [-0.4, -0.2) is 49.5 Å². The van der Waals surface area contributed by atoms with Crippen molar-refractivity contribution in [3.8, 4) is 5.75 Å². The highest BCUT2D eigenvalue weighted by atomic mass is 32.2. The van der Waals surface area contributed by atoms with Gasteiger partial charge in [-0.1, -0.05) is 30.3 Å². The fraction of sp³-hybridized carbons (Fsp3) is 0.469. The number of hydrogen-bond acceptors (Lipinski definition) is 6. The third-order valence-electron chi connectivity index (χ3n) is 7.42. The van der Waals surface area contributed by atoms with Gasteiger partial charge >= 0.3 is 0 Å². The van der Waals surface area contributed by atoms with Crippen LogP contribution in [0.3, 0.4) is 0 Å². The number of nitrogens with zero attached hydrogens (tertiary/aromatic N) is 2. The van der Waals surface area contributed by atoms with Gasteiger partial charge in [0.1, 0.15) is 18.2 Å². The van der Waals surface area contributed by atoms with Gasteiger partial charge in [0.15, 0.2) is 0 Å². The minimum Gasteiger partial charge on any atom is -0.489 e. The Bertz CT molecular complexity index is 1370. The van der Waals surface area contributed by atoms with Crippen LogP contribution in [0.15, 0.2) is 65.2 Å². The lowest BCUT2D eigenvalue weighted by molar-refractivity contribution is 0.165. The van der Waals surface area contributed by atoms with E-state index in [0.717, 1.165) is 35.1 Å². The predicted octanol–water partition coefficient (Wildman–Crippen LogP) is 7.15. The third kappa shape index (κ3) is 9.51. The average Bonchev–Trinajstić information content (AvgIpc) is 3.75. The summed E-state index contributed by atoms with van der Waals surface area (Å²) in [6, 6.07) is 13.8. The minimum atomic E-state index is -4.10. The monoisotopic (exact) mass is 586 g/mol. The molecule has 0 aliphatic heterocycles. The molecule has 0 heterocycles. The Morgan fingerprint density at radius 2 is 1.85 bits per heavy atom. The molecule has 0 unspecified atom stereocenters. The summed E-state index contributed by atoms with van der Waals surface area (Å²) >= 11 is 0. The van der Waals surface area contributed by atoms with E-state index in [0.29, 0.717) is 17.9 Å². The number of allylic oxidation sites excluding steroid dienone is 3. The number of benzene rings is 2. The number of halogens is 1. The van der Waals surface area contributed by atoms with Crippen molar-refractivity contribution >= 4 is 22.4 Å². The highest BCUT2D eigenvalue weighted by Crippen LogP contribution is 2.44. The lowest BCUT2D eigenvalue weighted by Gasteiger charge is -2.31. The molecule has 2 aromatic rings. The van der Waals surface area contributed by atoms with Crippen LogP contribution < -0.4 is 4.74 Å². The highest BCUT2D eigenvalue weighted by Gasteiger charge is 2.35. The Morgan fingerprint density at radius 3 is 2.39 bits per heavy atom. The second-order valence-electron chi connectivity index (χ2n) is 11.2. The van der Waals surface area contributed by atoms with Crippen molar-refractivity contribution in [2.24, 2.45) is 10.9 Å². The molecule has 7 nitrogen and oxygen atoms in total. The Labute approximate surface area is 244 Å². The lowest BCUT2D eigenvalue weighted by atomic mass is 9.95. The molecule has 1 aliphatic carbocycles. The van der Waals surface area contributed by atoms with Crippen molar-refractivity contribution in [3.05, 3.63) is 82.5 Å². The lowest BCUT2D eigenvalue weighted by Crippen LogP contribution is -2.36. The first-order valence-corrected chi connectivity index (χ1v) is 15.6. The molecule has 2 aromatic carbocycles. The van der Waals surface area contributed by atoms with Crippen LogP contribution in [0.25, 0.3) is 5.57 Å². The fourth-order valence-corrected chi connectivity index (χ4v) is 6.09. The van der Waals surface area contributed by atoms with Crippen LogP contribution in [0.5, 0.6) is 5.75 Å².